The normalized spacial score (nSPS) is 18.2. The van der Waals surface area contributed by atoms with Crippen molar-refractivity contribution in [3.8, 4) is 17.0 Å². The van der Waals surface area contributed by atoms with Crippen LogP contribution in [0.3, 0.4) is 0 Å². The third kappa shape index (κ3) is 5.03. The summed E-state index contributed by atoms with van der Waals surface area (Å²) in [6.07, 6.45) is 0.971. The number of nitrogens with one attached hydrogen (secondary N) is 1. The zero-order valence-corrected chi connectivity index (χ0v) is 17.6. The van der Waals surface area contributed by atoms with Crippen molar-refractivity contribution in [1.29, 1.82) is 0 Å². The second-order valence-corrected chi connectivity index (χ2v) is 8.50. The van der Waals surface area contributed by atoms with E-state index in [4.69, 9.17) is 0 Å². The van der Waals surface area contributed by atoms with Crippen molar-refractivity contribution in [3.63, 3.8) is 0 Å². The Labute approximate surface area is 183 Å². The standard InChI is InChI=1S/C23H24F3N3O3/c1-15(21(31)29-12-10-22(8-9-22)11-13-29)28-20(30)16-6-7-18(27-14-16)17-4-2-3-5-19(17)32-23(24,25)26/h2-7,14-15H,8-13H2,1H3,(H,28,30)/t15-/m0/s1. The molecule has 1 aliphatic heterocycles. The van der Waals surface area contributed by atoms with Crippen LogP contribution in [0.1, 0.15) is 43.0 Å². The van der Waals surface area contributed by atoms with Crippen molar-refractivity contribution >= 4 is 11.8 Å². The maximum Gasteiger partial charge on any atom is 0.573 e. The topological polar surface area (TPSA) is 71.5 Å². The lowest BCUT2D eigenvalue weighted by Gasteiger charge is -2.33. The van der Waals surface area contributed by atoms with E-state index < -0.39 is 18.3 Å². The van der Waals surface area contributed by atoms with Crippen molar-refractivity contribution in [2.45, 2.75) is 45.0 Å². The van der Waals surface area contributed by atoms with Crippen LogP contribution < -0.4 is 10.1 Å². The Morgan fingerprint density at radius 1 is 1.09 bits per heavy atom. The molecule has 2 amide bonds. The Bertz CT molecular complexity index is 994. The Morgan fingerprint density at radius 2 is 1.78 bits per heavy atom. The third-order valence-corrected chi connectivity index (χ3v) is 6.23. The van der Waals surface area contributed by atoms with Gasteiger partial charge >= 0.3 is 6.36 Å². The molecule has 4 rings (SSSR count). The smallest absolute Gasteiger partial charge is 0.405 e. The van der Waals surface area contributed by atoms with E-state index in [1.165, 1.54) is 49.4 Å². The molecule has 1 N–H and O–H groups in total. The number of amides is 2. The molecule has 1 spiro atoms. The van der Waals surface area contributed by atoms with E-state index in [2.05, 4.69) is 15.0 Å². The van der Waals surface area contributed by atoms with Gasteiger partial charge in [0, 0.05) is 24.8 Å². The fourth-order valence-electron chi connectivity index (χ4n) is 4.07. The number of pyridine rings is 1. The molecule has 2 aromatic rings. The van der Waals surface area contributed by atoms with Gasteiger partial charge in [-0.3, -0.25) is 14.6 Å². The van der Waals surface area contributed by atoms with Gasteiger partial charge in [-0.05, 0) is 62.3 Å². The lowest BCUT2D eigenvalue weighted by atomic mass is 9.93. The molecule has 1 aliphatic carbocycles. The highest BCUT2D eigenvalue weighted by atomic mass is 19.4. The quantitative estimate of drug-likeness (QED) is 0.747. The number of piperidine rings is 1. The molecule has 1 saturated carbocycles. The molecule has 170 valence electrons. The van der Waals surface area contributed by atoms with Crippen molar-refractivity contribution in [2.24, 2.45) is 5.41 Å². The first-order chi connectivity index (χ1) is 15.2. The van der Waals surface area contributed by atoms with Gasteiger partial charge in [-0.25, -0.2) is 0 Å². The van der Waals surface area contributed by atoms with Crippen molar-refractivity contribution < 1.29 is 27.5 Å². The lowest BCUT2D eigenvalue weighted by Crippen LogP contribution is -2.49. The summed E-state index contributed by atoms with van der Waals surface area (Å²) in [5, 5.41) is 2.69. The molecule has 0 unspecified atom stereocenters. The molecule has 0 radical (unpaired) electrons. The van der Waals surface area contributed by atoms with Crippen LogP contribution in [0.15, 0.2) is 42.6 Å². The molecule has 1 saturated heterocycles. The van der Waals surface area contributed by atoms with Gasteiger partial charge < -0.3 is 15.0 Å². The summed E-state index contributed by atoms with van der Waals surface area (Å²) in [7, 11) is 0. The molecular formula is C23H24F3N3O3. The number of benzene rings is 1. The Morgan fingerprint density at radius 3 is 2.38 bits per heavy atom. The Balaban J connectivity index is 1.39. The number of nitrogens with zero attached hydrogens (tertiary/aromatic N) is 2. The molecule has 32 heavy (non-hydrogen) atoms. The predicted molar refractivity (Wildman–Crippen MR) is 111 cm³/mol. The highest BCUT2D eigenvalue weighted by Crippen LogP contribution is 2.53. The number of hydrogen-bond donors (Lipinski definition) is 1. The number of hydrogen-bond acceptors (Lipinski definition) is 4. The van der Waals surface area contributed by atoms with Gasteiger partial charge in [-0.2, -0.15) is 0 Å². The van der Waals surface area contributed by atoms with E-state index in [1.807, 2.05) is 0 Å². The second kappa shape index (κ2) is 8.44. The number of likely N-dealkylation sites (tertiary alicyclic amines) is 1. The average Bonchev–Trinajstić information content (AvgIpc) is 3.52. The van der Waals surface area contributed by atoms with E-state index in [0.29, 0.717) is 18.5 Å². The van der Waals surface area contributed by atoms with Gasteiger partial charge in [0.25, 0.3) is 5.91 Å². The largest absolute Gasteiger partial charge is 0.573 e. The van der Waals surface area contributed by atoms with Crippen LogP contribution in [0.2, 0.25) is 0 Å². The maximum atomic E-state index is 12.7. The lowest BCUT2D eigenvalue weighted by molar-refractivity contribution is -0.274. The Hall–Kier alpha value is -3.10. The highest BCUT2D eigenvalue weighted by Gasteiger charge is 2.45. The van der Waals surface area contributed by atoms with E-state index in [-0.39, 0.29) is 28.5 Å². The summed E-state index contributed by atoms with van der Waals surface area (Å²) in [6.45, 7) is 3.08. The van der Waals surface area contributed by atoms with Gasteiger partial charge in [0.05, 0.1) is 11.3 Å². The van der Waals surface area contributed by atoms with E-state index in [9.17, 15) is 22.8 Å². The van der Waals surface area contributed by atoms with Gasteiger partial charge in [0.15, 0.2) is 0 Å². The molecule has 6 nitrogen and oxygen atoms in total. The van der Waals surface area contributed by atoms with Gasteiger partial charge in [0.1, 0.15) is 11.8 Å². The van der Waals surface area contributed by atoms with E-state index >= 15 is 0 Å². The van der Waals surface area contributed by atoms with Crippen LogP contribution in [0.4, 0.5) is 13.2 Å². The molecule has 0 bridgehead atoms. The number of rotatable bonds is 5. The van der Waals surface area contributed by atoms with Crippen LogP contribution in [-0.2, 0) is 4.79 Å². The summed E-state index contributed by atoms with van der Waals surface area (Å²) >= 11 is 0. The summed E-state index contributed by atoms with van der Waals surface area (Å²) < 4.78 is 42.0. The summed E-state index contributed by atoms with van der Waals surface area (Å²) in [5.74, 6) is -0.963. The molecule has 9 heteroatoms. The first-order valence-electron chi connectivity index (χ1n) is 10.6. The number of carbonyl (C=O) groups is 2. The average molecular weight is 447 g/mol. The number of aromatic nitrogens is 1. The number of alkyl halides is 3. The van der Waals surface area contributed by atoms with E-state index in [0.717, 1.165) is 12.8 Å². The zero-order valence-electron chi connectivity index (χ0n) is 17.6. The number of para-hydroxylation sites is 1. The molecule has 2 heterocycles. The summed E-state index contributed by atoms with van der Waals surface area (Å²) in [4.78, 5) is 31.2. The predicted octanol–water partition coefficient (Wildman–Crippen LogP) is 4.17. The molecule has 2 fully saturated rings. The maximum absolute atomic E-state index is 12.7. The monoisotopic (exact) mass is 447 g/mol. The number of carbonyl (C=O) groups excluding carboxylic acids is 2. The molecule has 2 aliphatic rings. The number of halogens is 3. The van der Waals surface area contributed by atoms with Crippen LogP contribution in [0, 0.1) is 5.41 Å². The minimum atomic E-state index is -4.83. The van der Waals surface area contributed by atoms with Crippen LogP contribution in [-0.4, -0.2) is 47.2 Å². The molecular weight excluding hydrogens is 423 g/mol. The molecule has 1 aromatic heterocycles. The fourth-order valence-corrected chi connectivity index (χ4v) is 4.07. The zero-order chi connectivity index (χ0) is 22.9. The van der Waals surface area contributed by atoms with E-state index in [1.54, 1.807) is 17.9 Å². The minimum Gasteiger partial charge on any atom is -0.405 e. The second-order valence-electron chi connectivity index (χ2n) is 8.50. The van der Waals surface area contributed by atoms with Crippen molar-refractivity contribution in [2.75, 3.05) is 13.1 Å². The summed E-state index contributed by atoms with van der Waals surface area (Å²) in [5.41, 5.74) is 1.05. The van der Waals surface area contributed by atoms with Gasteiger partial charge in [0.2, 0.25) is 5.91 Å². The first-order valence-corrected chi connectivity index (χ1v) is 10.6. The van der Waals surface area contributed by atoms with Gasteiger partial charge in [-0.15, -0.1) is 13.2 Å². The summed E-state index contributed by atoms with van der Waals surface area (Å²) in [6, 6.07) is 7.86. The molecule has 1 atom stereocenters. The fraction of sp³-hybridized carbons (Fsp3) is 0.435. The first kappa shape index (κ1) is 22.1. The third-order valence-electron chi connectivity index (χ3n) is 6.23. The van der Waals surface area contributed by atoms with Crippen molar-refractivity contribution in [3.05, 3.63) is 48.2 Å². The van der Waals surface area contributed by atoms with Crippen molar-refractivity contribution in [1.82, 2.24) is 15.2 Å². The van der Waals surface area contributed by atoms with Crippen LogP contribution in [0.25, 0.3) is 11.3 Å². The SMILES string of the molecule is C[C@H](NC(=O)c1ccc(-c2ccccc2OC(F)(F)F)nc1)C(=O)N1CCC2(CC1)CC2. The van der Waals surface area contributed by atoms with Gasteiger partial charge in [-0.1, -0.05) is 12.1 Å². The number of ether oxygens (including phenoxy) is 1. The van der Waals surface area contributed by atoms with Crippen LogP contribution in [0.5, 0.6) is 5.75 Å². The highest BCUT2D eigenvalue weighted by molar-refractivity contribution is 5.97. The van der Waals surface area contributed by atoms with Crippen LogP contribution >= 0.6 is 0 Å². The Kier molecular flexibility index (Phi) is 5.83. The minimum absolute atomic E-state index is 0.114. The molecule has 1 aromatic carbocycles.